The van der Waals surface area contributed by atoms with Gasteiger partial charge in [-0.1, -0.05) is 12.1 Å². The van der Waals surface area contributed by atoms with Gasteiger partial charge in [-0.3, -0.25) is 4.98 Å². The number of rotatable bonds is 4. The zero-order chi connectivity index (χ0) is 18.7. The second-order valence-corrected chi connectivity index (χ2v) is 5.51. The fraction of sp³-hybridized carbons (Fsp3) is 0.158. The van der Waals surface area contributed by atoms with E-state index in [4.69, 9.17) is 4.74 Å². The number of carbonyl (C=O) groups is 1. The summed E-state index contributed by atoms with van der Waals surface area (Å²) >= 11 is 0. The number of ether oxygens (including phenoxy) is 1. The van der Waals surface area contributed by atoms with Gasteiger partial charge in [0.1, 0.15) is 0 Å². The summed E-state index contributed by atoms with van der Waals surface area (Å²) in [6.07, 6.45) is -1.20. The lowest BCUT2D eigenvalue weighted by Crippen LogP contribution is -2.04. The van der Waals surface area contributed by atoms with Gasteiger partial charge < -0.3 is 9.72 Å². The highest BCUT2D eigenvalue weighted by molar-refractivity contribution is 5.98. The molecular weight excluding hydrogens is 345 g/mol. The third kappa shape index (κ3) is 3.61. The molecule has 0 aliphatic rings. The molecular formula is C19H15F3N2O2. The average molecular weight is 360 g/mol. The first-order valence-electron chi connectivity index (χ1n) is 7.88. The Morgan fingerprint density at radius 1 is 1.15 bits per heavy atom. The van der Waals surface area contributed by atoms with Crippen LogP contribution in [0.5, 0.6) is 0 Å². The predicted octanol–water partition coefficient (Wildman–Crippen LogP) is 4.94. The number of pyridine rings is 1. The molecule has 2 heterocycles. The highest BCUT2D eigenvalue weighted by Crippen LogP contribution is 2.33. The maximum absolute atomic E-state index is 12.7. The molecule has 3 aromatic rings. The van der Waals surface area contributed by atoms with Crippen LogP contribution in [-0.2, 0) is 10.9 Å². The molecule has 0 aliphatic heterocycles. The van der Waals surface area contributed by atoms with Crippen molar-refractivity contribution in [3.05, 3.63) is 66.0 Å². The molecule has 0 atom stereocenters. The Bertz CT molecular complexity index is 901. The molecule has 134 valence electrons. The normalized spacial score (nSPS) is 11.4. The van der Waals surface area contributed by atoms with Gasteiger partial charge in [0.25, 0.3) is 0 Å². The fourth-order valence-electron chi connectivity index (χ4n) is 2.56. The molecule has 0 radical (unpaired) electrons. The van der Waals surface area contributed by atoms with Crippen molar-refractivity contribution in [2.24, 2.45) is 0 Å². The van der Waals surface area contributed by atoms with Crippen LogP contribution in [0.2, 0.25) is 0 Å². The van der Waals surface area contributed by atoms with Gasteiger partial charge in [0.2, 0.25) is 0 Å². The number of H-pyrrole nitrogens is 1. The summed E-state index contributed by atoms with van der Waals surface area (Å²) in [5, 5.41) is 0. The molecule has 0 fully saturated rings. The summed E-state index contributed by atoms with van der Waals surface area (Å²) in [5.41, 5.74) is 1.79. The van der Waals surface area contributed by atoms with E-state index < -0.39 is 17.7 Å². The zero-order valence-corrected chi connectivity index (χ0v) is 13.8. The van der Waals surface area contributed by atoms with Crippen molar-refractivity contribution < 1.29 is 22.7 Å². The van der Waals surface area contributed by atoms with Crippen LogP contribution in [0.15, 0.2) is 54.9 Å². The van der Waals surface area contributed by atoms with Crippen molar-refractivity contribution in [1.82, 2.24) is 9.97 Å². The highest BCUT2D eigenvalue weighted by atomic mass is 19.4. The van der Waals surface area contributed by atoms with Crippen LogP contribution < -0.4 is 0 Å². The summed E-state index contributed by atoms with van der Waals surface area (Å²) in [5.74, 6) is -0.513. The Morgan fingerprint density at radius 3 is 2.46 bits per heavy atom. The first-order valence-corrected chi connectivity index (χ1v) is 7.88. The number of hydrogen-bond acceptors (Lipinski definition) is 3. The van der Waals surface area contributed by atoms with Crippen molar-refractivity contribution in [1.29, 1.82) is 0 Å². The van der Waals surface area contributed by atoms with Crippen molar-refractivity contribution in [3.63, 3.8) is 0 Å². The Morgan fingerprint density at radius 2 is 1.88 bits per heavy atom. The van der Waals surface area contributed by atoms with E-state index in [2.05, 4.69) is 9.97 Å². The van der Waals surface area contributed by atoms with Gasteiger partial charge in [-0.15, -0.1) is 0 Å². The van der Waals surface area contributed by atoms with Gasteiger partial charge in [-0.2, -0.15) is 13.2 Å². The Labute approximate surface area is 147 Å². The van der Waals surface area contributed by atoms with E-state index in [1.165, 1.54) is 12.1 Å². The number of hydrogen-bond donors (Lipinski definition) is 1. The second kappa shape index (κ2) is 7.03. The van der Waals surface area contributed by atoms with Gasteiger partial charge in [0.15, 0.2) is 0 Å². The second-order valence-electron chi connectivity index (χ2n) is 5.51. The molecule has 0 saturated heterocycles. The predicted molar refractivity (Wildman–Crippen MR) is 90.4 cm³/mol. The minimum absolute atomic E-state index is 0.214. The third-order valence-corrected chi connectivity index (χ3v) is 3.79. The van der Waals surface area contributed by atoms with Crippen molar-refractivity contribution in [3.8, 4) is 22.5 Å². The number of aromatic nitrogens is 2. The molecule has 1 N–H and O–H groups in total. The van der Waals surface area contributed by atoms with Crippen LogP contribution in [0, 0.1) is 0 Å². The number of nitrogens with zero attached hydrogens (tertiary/aromatic N) is 1. The third-order valence-electron chi connectivity index (χ3n) is 3.79. The lowest BCUT2D eigenvalue weighted by molar-refractivity contribution is -0.137. The Balaban J connectivity index is 2.05. The fourth-order valence-corrected chi connectivity index (χ4v) is 2.56. The van der Waals surface area contributed by atoms with Crippen LogP contribution in [0.25, 0.3) is 22.5 Å². The van der Waals surface area contributed by atoms with E-state index in [0.29, 0.717) is 28.1 Å². The molecule has 0 spiro atoms. The quantitative estimate of drug-likeness (QED) is 0.671. The van der Waals surface area contributed by atoms with Crippen LogP contribution >= 0.6 is 0 Å². The van der Waals surface area contributed by atoms with Gasteiger partial charge in [-0.25, -0.2) is 4.79 Å². The minimum atomic E-state index is -4.40. The molecule has 0 saturated carbocycles. The Kier molecular flexibility index (Phi) is 4.79. The minimum Gasteiger partial charge on any atom is -0.462 e. The molecule has 7 heteroatoms. The van der Waals surface area contributed by atoms with E-state index in [1.54, 1.807) is 37.5 Å². The molecule has 0 aliphatic carbocycles. The summed E-state index contributed by atoms with van der Waals surface area (Å²) < 4.78 is 43.3. The van der Waals surface area contributed by atoms with E-state index in [0.717, 1.165) is 12.1 Å². The summed E-state index contributed by atoms with van der Waals surface area (Å²) in [6.45, 7) is 1.91. The van der Waals surface area contributed by atoms with Crippen molar-refractivity contribution >= 4 is 5.97 Å². The molecule has 2 aromatic heterocycles. The monoisotopic (exact) mass is 360 g/mol. The lowest BCUT2D eigenvalue weighted by atomic mass is 10.1. The molecule has 1 aromatic carbocycles. The van der Waals surface area contributed by atoms with Crippen molar-refractivity contribution in [2.75, 3.05) is 6.61 Å². The largest absolute Gasteiger partial charge is 0.462 e. The highest BCUT2D eigenvalue weighted by Gasteiger charge is 2.30. The average Bonchev–Trinajstić information content (AvgIpc) is 3.07. The molecule has 0 amide bonds. The van der Waals surface area contributed by atoms with E-state index in [1.807, 2.05) is 0 Å². The topological polar surface area (TPSA) is 55.0 Å². The lowest BCUT2D eigenvalue weighted by Gasteiger charge is -2.06. The number of carbonyl (C=O) groups excluding carboxylic acids is 1. The molecule has 26 heavy (non-hydrogen) atoms. The number of halogens is 3. The van der Waals surface area contributed by atoms with Crippen LogP contribution in [0.1, 0.15) is 22.8 Å². The van der Waals surface area contributed by atoms with Crippen LogP contribution in [0.3, 0.4) is 0 Å². The number of nitrogens with one attached hydrogen (secondary N) is 1. The number of alkyl halides is 3. The SMILES string of the molecule is CCOC(=O)c1cc(-c2ccc(C(F)(F)F)cc2)[nH]c1-c1cccnc1. The first-order chi connectivity index (χ1) is 12.4. The van der Waals surface area contributed by atoms with Crippen LogP contribution in [0.4, 0.5) is 13.2 Å². The van der Waals surface area contributed by atoms with Gasteiger partial charge in [-0.05, 0) is 42.8 Å². The molecule has 0 unspecified atom stereocenters. The molecule has 0 bridgehead atoms. The van der Waals surface area contributed by atoms with E-state index in [-0.39, 0.29) is 6.61 Å². The van der Waals surface area contributed by atoms with E-state index >= 15 is 0 Å². The van der Waals surface area contributed by atoms with Gasteiger partial charge in [0.05, 0.1) is 23.4 Å². The standard InChI is InChI=1S/C19H15F3N2O2/c1-2-26-18(25)15-10-16(24-17(15)13-4-3-9-23-11-13)12-5-7-14(8-6-12)19(20,21)22/h3-11,24H,2H2,1H3. The number of esters is 1. The van der Waals surface area contributed by atoms with Crippen molar-refractivity contribution in [2.45, 2.75) is 13.1 Å². The summed E-state index contributed by atoms with van der Waals surface area (Å²) in [4.78, 5) is 19.4. The van der Waals surface area contributed by atoms with Gasteiger partial charge in [0, 0.05) is 23.7 Å². The first kappa shape index (κ1) is 17.7. The maximum atomic E-state index is 12.7. The molecule has 4 nitrogen and oxygen atoms in total. The van der Waals surface area contributed by atoms with Gasteiger partial charge >= 0.3 is 12.1 Å². The summed E-state index contributed by atoms with van der Waals surface area (Å²) in [6, 6.07) is 9.80. The zero-order valence-electron chi connectivity index (χ0n) is 13.8. The smallest absolute Gasteiger partial charge is 0.416 e. The summed E-state index contributed by atoms with van der Waals surface area (Å²) in [7, 11) is 0. The van der Waals surface area contributed by atoms with E-state index in [9.17, 15) is 18.0 Å². The maximum Gasteiger partial charge on any atom is 0.416 e. The Hall–Kier alpha value is -3.09. The molecule has 3 rings (SSSR count). The van der Waals surface area contributed by atoms with Crippen LogP contribution in [-0.4, -0.2) is 22.5 Å². The number of benzene rings is 1. The number of aromatic amines is 1.